The molecule has 1 aromatic heterocycles. The molecule has 0 aliphatic carbocycles. The van der Waals surface area contributed by atoms with Crippen LogP contribution in [0.3, 0.4) is 0 Å². The molecule has 2 aromatic rings. The van der Waals surface area contributed by atoms with E-state index in [-0.39, 0.29) is 35.9 Å². The molecular formula is C24H35IN4O3. The second-order valence-electron chi connectivity index (χ2n) is 7.98. The molecule has 0 spiro atoms. The SMILES string of the molecule is CCNC(=NCc1ccccc1CN(C)Cc1ccco1)N1CCC(C(=O)OC)CC1.I. The number of ether oxygens (including phenoxy) is 1. The monoisotopic (exact) mass is 554 g/mol. The number of carbonyl (C=O) groups excluding carboxylic acids is 1. The molecular weight excluding hydrogens is 519 g/mol. The summed E-state index contributed by atoms with van der Waals surface area (Å²) in [5.74, 6) is 1.76. The maximum atomic E-state index is 11.8. The average Bonchev–Trinajstić information content (AvgIpc) is 3.30. The molecule has 1 saturated heterocycles. The molecule has 0 bridgehead atoms. The number of methoxy groups -OCH3 is 1. The van der Waals surface area contributed by atoms with Gasteiger partial charge in [-0.1, -0.05) is 24.3 Å². The Balaban J connectivity index is 0.00000363. The van der Waals surface area contributed by atoms with Crippen molar-refractivity contribution in [3.05, 3.63) is 59.5 Å². The first-order valence-corrected chi connectivity index (χ1v) is 11.0. The largest absolute Gasteiger partial charge is 0.469 e. The van der Waals surface area contributed by atoms with Crippen molar-refractivity contribution >= 4 is 35.9 Å². The third-order valence-corrected chi connectivity index (χ3v) is 5.63. The zero-order valence-electron chi connectivity index (χ0n) is 19.3. The van der Waals surface area contributed by atoms with Crippen LogP contribution >= 0.6 is 24.0 Å². The Morgan fingerprint density at radius 2 is 1.91 bits per heavy atom. The van der Waals surface area contributed by atoms with Crippen molar-refractivity contribution in [1.29, 1.82) is 0 Å². The molecule has 0 atom stereocenters. The molecule has 1 fully saturated rings. The number of halogens is 1. The second-order valence-corrected chi connectivity index (χ2v) is 7.98. The summed E-state index contributed by atoms with van der Waals surface area (Å²) >= 11 is 0. The fraction of sp³-hybridized carbons (Fsp3) is 0.500. The highest BCUT2D eigenvalue weighted by molar-refractivity contribution is 14.0. The van der Waals surface area contributed by atoms with Gasteiger partial charge in [0.05, 0.1) is 32.4 Å². The number of nitrogens with zero attached hydrogens (tertiary/aromatic N) is 3. The number of nitrogens with one attached hydrogen (secondary N) is 1. The Morgan fingerprint density at radius 1 is 1.19 bits per heavy atom. The van der Waals surface area contributed by atoms with Gasteiger partial charge in [-0.25, -0.2) is 4.99 Å². The lowest BCUT2D eigenvalue weighted by molar-refractivity contribution is -0.146. The normalized spacial score (nSPS) is 14.9. The third kappa shape index (κ3) is 7.51. The molecule has 2 heterocycles. The predicted octanol–water partition coefficient (Wildman–Crippen LogP) is 3.88. The number of piperidine rings is 1. The molecule has 0 unspecified atom stereocenters. The molecule has 1 aliphatic heterocycles. The van der Waals surface area contributed by atoms with E-state index in [1.165, 1.54) is 18.2 Å². The van der Waals surface area contributed by atoms with Crippen molar-refractivity contribution in [1.82, 2.24) is 15.1 Å². The molecule has 1 N–H and O–H groups in total. The Hall–Kier alpha value is -2.07. The summed E-state index contributed by atoms with van der Waals surface area (Å²) < 4.78 is 10.4. The molecule has 8 heteroatoms. The standard InChI is InChI=1S/C24H34N4O3.HI/c1-4-25-24(28-13-11-19(12-14-28)23(29)30-3)26-16-20-8-5-6-9-21(20)17-27(2)18-22-10-7-15-31-22;/h5-10,15,19H,4,11-14,16-18H2,1-3H3,(H,25,26);1H. The van der Waals surface area contributed by atoms with Crippen molar-refractivity contribution in [3.8, 4) is 0 Å². The molecule has 1 aromatic carbocycles. The van der Waals surface area contributed by atoms with Crippen LogP contribution in [0.5, 0.6) is 0 Å². The number of aliphatic imine (C=N–C) groups is 1. The number of hydrogen-bond acceptors (Lipinski definition) is 5. The first-order chi connectivity index (χ1) is 15.1. The van der Waals surface area contributed by atoms with E-state index in [1.807, 2.05) is 12.1 Å². The summed E-state index contributed by atoms with van der Waals surface area (Å²) in [6.07, 6.45) is 3.30. The average molecular weight is 554 g/mol. The minimum absolute atomic E-state index is 0. The summed E-state index contributed by atoms with van der Waals surface area (Å²) in [6, 6.07) is 12.4. The molecule has 0 amide bonds. The highest BCUT2D eigenvalue weighted by Gasteiger charge is 2.27. The van der Waals surface area contributed by atoms with Gasteiger partial charge in [0.1, 0.15) is 5.76 Å². The smallest absolute Gasteiger partial charge is 0.308 e. The topological polar surface area (TPSA) is 70.3 Å². The molecule has 1 aliphatic rings. The molecule has 0 radical (unpaired) electrons. The second kappa shape index (κ2) is 13.5. The summed E-state index contributed by atoms with van der Waals surface area (Å²) in [5, 5.41) is 3.41. The summed E-state index contributed by atoms with van der Waals surface area (Å²) in [6.45, 7) is 6.70. The number of hydrogen-bond donors (Lipinski definition) is 1. The van der Waals surface area contributed by atoms with E-state index in [4.69, 9.17) is 14.1 Å². The van der Waals surface area contributed by atoms with E-state index >= 15 is 0 Å². The Bertz CT molecular complexity index is 849. The fourth-order valence-corrected chi connectivity index (χ4v) is 3.96. The van der Waals surface area contributed by atoms with Crippen LogP contribution in [0.2, 0.25) is 0 Å². The lowest BCUT2D eigenvalue weighted by atomic mass is 9.97. The van der Waals surface area contributed by atoms with Gasteiger partial charge in [0.15, 0.2) is 5.96 Å². The van der Waals surface area contributed by atoms with E-state index in [0.717, 1.165) is 57.3 Å². The number of benzene rings is 1. The maximum absolute atomic E-state index is 11.8. The van der Waals surface area contributed by atoms with Crippen LogP contribution in [0.25, 0.3) is 0 Å². The van der Waals surface area contributed by atoms with Crippen molar-refractivity contribution in [3.63, 3.8) is 0 Å². The molecule has 3 rings (SSSR count). The van der Waals surface area contributed by atoms with Gasteiger partial charge in [0.25, 0.3) is 0 Å². The van der Waals surface area contributed by atoms with E-state index in [0.29, 0.717) is 6.54 Å². The number of rotatable bonds is 8. The van der Waals surface area contributed by atoms with Gasteiger partial charge in [-0.15, -0.1) is 24.0 Å². The highest BCUT2D eigenvalue weighted by Crippen LogP contribution is 2.19. The van der Waals surface area contributed by atoms with Gasteiger partial charge in [0.2, 0.25) is 0 Å². The van der Waals surface area contributed by atoms with Crippen LogP contribution < -0.4 is 5.32 Å². The van der Waals surface area contributed by atoms with Crippen LogP contribution in [-0.4, -0.2) is 55.5 Å². The van der Waals surface area contributed by atoms with Gasteiger partial charge in [-0.3, -0.25) is 9.69 Å². The first kappa shape index (κ1) is 26.2. The predicted molar refractivity (Wildman–Crippen MR) is 137 cm³/mol. The quantitative estimate of drug-likeness (QED) is 0.231. The number of guanidine groups is 1. The highest BCUT2D eigenvalue weighted by atomic mass is 127. The van der Waals surface area contributed by atoms with Gasteiger partial charge < -0.3 is 19.4 Å². The van der Waals surface area contributed by atoms with Crippen LogP contribution in [-0.2, 0) is 29.2 Å². The summed E-state index contributed by atoms with van der Waals surface area (Å²) in [5.41, 5.74) is 2.48. The lowest BCUT2D eigenvalue weighted by Crippen LogP contribution is -2.46. The van der Waals surface area contributed by atoms with Crippen molar-refractivity contribution in [2.24, 2.45) is 10.9 Å². The number of likely N-dealkylation sites (tertiary alicyclic amines) is 1. The van der Waals surface area contributed by atoms with Gasteiger partial charge in [0, 0.05) is 26.2 Å². The van der Waals surface area contributed by atoms with Crippen LogP contribution in [0, 0.1) is 5.92 Å². The molecule has 7 nitrogen and oxygen atoms in total. The van der Waals surface area contributed by atoms with Crippen molar-refractivity contribution in [2.45, 2.75) is 39.4 Å². The third-order valence-electron chi connectivity index (χ3n) is 5.63. The first-order valence-electron chi connectivity index (χ1n) is 11.0. The molecule has 32 heavy (non-hydrogen) atoms. The van der Waals surface area contributed by atoms with Crippen LogP contribution in [0.4, 0.5) is 0 Å². The van der Waals surface area contributed by atoms with Crippen LogP contribution in [0.1, 0.15) is 36.7 Å². The minimum atomic E-state index is -0.103. The maximum Gasteiger partial charge on any atom is 0.308 e. The minimum Gasteiger partial charge on any atom is -0.469 e. The lowest BCUT2D eigenvalue weighted by Gasteiger charge is -2.33. The van der Waals surface area contributed by atoms with Crippen molar-refractivity contribution in [2.75, 3.05) is 33.8 Å². The number of furan rings is 1. The number of carbonyl (C=O) groups is 1. The van der Waals surface area contributed by atoms with Gasteiger partial charge in [-0.05, 0) is 50.1 Å². The summed E-state index contributed by atoms with van der Waals surface area (Å²) in [7, 11) is 3.56. The molecule has 176 valence electrons. The van der Waals surface area contributed by atoms with Crippen molar-refractivity contribution < 1.29 is 13.9 Å². The molecule has 0 saturated carbocycles. The van der Waals surface area contributed by atoms with Gasteiger partial charge >= 0.3 is 5.97 Å². The van der Waals surface area contributed by atoms with E-state index < -0.39 is 0 Å². The fourth-order valence-electron chi connectivity index (χ4n) is 3.96. The van der Waals surface area contributed by atoms with E-state index in [2.05, 4.69) is 53.4 Å². The van der Waals surface area contributed by atoms with E-state index in [1.54, 1.807) is 6.26 Å². The Labute approximate surface area is 208 Å². The summed E-state index contributed by atoms with van der Waals surface area (Å²) in [4.78, 5) is 21.2. The van der Waals surface area contributed by atoms with Gasteiger partial charge in [-0.2, -0.15) is 0 Å². The zero-order valence-corrected chi connectivity index (χ0v) is 21.6. The Kier molecular flexibility index (Phi) is 11.0. The number of esters is 1. The Morgan fingerprint density at radius 3 is 2.53 bits per heavy atom. The zero-order chi connectivity index (χ0) is 22.1. The van der Waals surface area contributed by atoms with Crippen LogP contribution in [0.15, 0.2) is 52.1 Å². The van der Waals surface area contributed by atoms with E-state index in [9.17, 15) is 4.79 Å².